The van der Waals surface area contributed by atoms with E-state index in [4.69, 9.17) is 10.5 Å². The van der Waals surface area contributed by atoms with Gasteiger partial charge >= 0.3 is 0 Å². The summed E-state index contributed by atoms with van der Waals surface area (Å²) in [5, 5.41) is 0. The summed E-state index contributed by atoms with van der Waals surface area (Å²) in [5.74, 6) is 4.11. The predicted octanol–water partition coefficient (Wildman–Crippen LogP) is 3.98. The number of nitrogens with two attached hydrogens (primary N) is 1. The summed E-state index contributed by atoms with van der Waals surface area (Å²) in [6.07, 6.45) is 11.6. The van der Waals surface area contributed by atoms with Gasteiger partial charge in [0.25, 0.3) is 0 Å². The van der Waals surface area contributed by atoms with Crippen molar-refractivity contribution >= 4 is 11.8 Å². The van der Waals surface area contributed by atoms with Gasteiger partial charge in [0, 0.05) is 17.9 Å². The minimum atomic E-state index is 0.105. The van der Waals surface area contributed by atoms with Crippen LogP contribution in [0.5, 0.6) is 0 Å². The second-order valence-electron chi connectivity index (χ2n) is 7.46. The Balaban J connectivity index is 1.67. The minimum absolute atomic E-state index is 0.105. The van der Waals surface area contributed by atoms with Crippen LogP contribution in [0.1, 0.15) is 64.7 Å². The maximum atomic E-state index is 6.94. The maximum Gasteiger partial charge on any atom is 0.0783 e. The Hall–Kier alpha value is 0.270. The van der Waals surface area contributed by atoms with Crippen molar-refractivity contribution < 1.29 is 4.74 Å². The van der Waals surface area contributed by atoms with Gasteiger partial charge in [0.15, 0.2) is 0 Å². The van der Waals surface area contributed by atoms with Gasteiger partial charge in [0.05, 0.1) is 5.60 Å². The van der Waals surface area contributed by atoms with Crippen LogP contribution in [-0.4, -0.2) is 29.3 Å². The standard InChI is InChI=1S/C17H31NOS/c1-2-14-4-3-7-17(18,8-5-14)15-6-10-19-16(12-15)9-11-20-13-16/h14-15H,2-13,18H2,1H3. The molecule has 0 aromatic rings. The molecule has 3 rings (SSSR count). The van der Waals surface area contributed by atoms with E-state index in [-0.39, 0.29) is 11.1 Å². The van der Waals surface area contributed by atoms with E-state index in [1.807, 2.05) is 0 Å². The largest absolute Gasteiger partial charge is 0.374 e. The number of hydrogen-bond acceptors (Lipinski definition) is 3. The lowest BCUT2D eigenvalue weighted by atomic mass is 9.70. The van der Waals surface area contributed by atoms with Crippen molar-refractivity contribution in [2.45, 2.75) is 75.9 Å². The van der Waals surface area contributed by atoms with E-state index in [0.29, 0.717) is 5.92 Å². The van der Waals surface area contributed by atoms with Crippen LogP contribution in [0.3, 0.4) is 0 Å². The highest BCUT2D eigenvalue weighted by Crippen LogP contribution is 2.46. The first kappa shape index (κ1) is 15.2. The quantitative estimate of drug-likeness (QED) is 0.783. The molecular weight excluding hydrogens is 266 g/mol. The lowest BCUT2D eigenvalue weighted by Crippen LogP contribution is -2.53. The fraction of sp³-hybridized carbons (Fsp3) is 1.00. The molecule has 2 nitrogen and oxygen atoms in total. The lowest BCUT2D eigenvalue weighted by Gasteiger charge is -2.46. The van der Waals surface area contributed by atoms with Gasteiger partial charge in [-0.3, -0.25) is 0 Å². The summed E-state index contributed by atoms with van der Waals surface area (Å²) in [5.41, 5.74) is 7.24. The highest BCUT2D eigenvalue weighted by atomic mass is 32.2. The molecule has 2 heterocycles. The molecule has 0 radical (unpaired) electrons. The molecular formula is C17H31NOS. The summed E-state index contributed by atoms with van der Waals surface area (Å²) < 4.78 is 6.19. The molecule has 20 heavy (non-hydrogen) atoms. The van der Waals surface area contributed by atoms with Crippen LogP contribution < -0.4 is 5.73 Å². The van der Waals surface area contributed by atoms with Crippen LogP contribution in [0.15, 0.2) is 0 Å². The van der Waals surface area contributed by atoms with E-state index in [2.05, 4.69) is 18.7 Å². The van der Waals surface area contributed by atoms with Gasteiger partial charge in [0.2, 0.25) is 0 Å². The number of rotatable bonds is 2. The molecule has 0 amide bonds. The predicted molar refractivity (Wildman–Crippen MR) is 87.1 cm³/mol. The van der Waals surface area contributed by atoms with E-state index in [0.717, 1.165) is 12.5 Å². The first-order valence-electron chi connectivity index (χ1n) is 8.66. The van der Waals surface area contributed by atoms with E-state index in [9.17, 15) is 0 Å². The van der Waals surface area contributed by atoms with Crippen molar-refractivity contribution in [3.05, 3.63) is 0 Å². The average molecular weight is 298 g/mol. The third-order valence-corrected chi connectivity index (χ3v) is 7.45. The molecule has 2 saturated heterocycles. The van der Waals surface area contributed by atoms with Gasteiger partial charge in [-0.15, -0.1) is 0 Å². The zero-order valence-electron chi connectivity index (χ0n) is 13.0. The van der Waals surface area contributed by atoms with Crippen molar-refractivity contribution in [2.75, 3.05) is 18.1 Å². The van der Waals surface area contributed by atoms with Gasteiger partial charge in [-0.1, -0.05) is 26.2 Å². The van der Waals surface area contributed by atoms with Crippen LogP contribution in [0.4, 0.5) is 0 Å². The normalized spacial score (nSPS) is 46.5. The summed E-state index contributed by atoms with van der Waals surface area (Å²) in [7, 11) is 0. The third kappa shape index (κ3) is 3.05. The fourth-order valence-corrected chi connectivity index (χ4v) is 6.04. The fourth-order valence-electron chi connectivity index (χ4n) is 4.66. The van der Waals surface area contributed by atoms with Crippen molar-refractivity contribution in [1.82, 2.24) is 0 Å². The second kappa shape index (κ2) is 6.18. The number of hydrogen-bond donors (Lipinski definition) is 1. The first-order chi connectivity index (χ1) is 9.66. The molecule has 4 unspecified atom stereocenters. The van der Waals surface area contributed by atoms with Gasteiger partial charge in [-0.2, -0.15) is 11.8 Å². The average Bonchev–Trinajstić information content (AvgIpc) is 2.80. The molecule has 2 N–H and O–H groups in total. The van der Waals surface area contributed by atoms with Gasteiger partial charge < -0.3 is 10.5 Å². The molecule has 0 bridgehead atoms. The Morgan fingerprint density at radius 3 is 2.85 bits per heavy atom. The Bertz CT molecular complexity index is 329. The molecule has 116 valence electrons. The van der Waals surface area contributed by atoms with E-state index in [1.54, 1.807) is 0 Å². The second-order valence-corrected chi connectivity index (χ2v) is 8.57. The van der Waals surface area contributed by atoms with Gasteiger partial charge in [-0.25, -0.2) is 0 Å². The summed E-state index contributed by atoms with van der Waals surface area (Å²) in [4.78, 5) is 0. The maximum absolute atomic E-state index is 6.94. The van der Waals surface area contributed by atoms with Gasteiger partial charge in [-0.05, 0) is 56.1 Å². The van der Waals surface area contributed by atoms with Crippen LogP contribution in [-0.2, 0) is 4.74 Å². The molecule has 1 aliphatic carbocycles. The van der Waals surface area contributed by atoms with Crippen molar-refractivity contribution in [3.63, 3.8) is 0 Å². The molecule has 0 aromatic carbocycles. The zero-order chi connectivity index (χ0) is 14.1. The van der Waals surface area contributed by atoms with Crippen molar-refractivity contribution in [2.24, 2.45) is 17.6 Å². The highest BCUT2D eigenvalue weighted by molar-refractivity contribution is 7.99. The van der Waals surface area contributed by atoms with Crippen molar-refractivity contribution in [1.29, 1.82) is 0 Å². The Labute approximate surface area is 128 Å². The van der Waals surface area contributed by atoms with Crippen molar-refractivity contribution in [3.8, 4) is 0 Å². The number of ether oxygens (including phenoxy) is 1. The molecule has 2 aliphatic heterocycles. The molecule has 4 atom stereocenters. The monoisotopic (exact) mass is 297 g/mol. The molecule has 1 spiro atoms. The summed E-state index contributed by atoms with van der Waals surface area (Å²) >= 11 is 2.07. The smallest absolute Gasteiger partial charge is 0.0783 e. The Kier molecular flexibility index (Phi) is 4.69. The SMILES string of the molecule is CCC1CCCC(N)(C2CCOC3(CCSC3)C2)CC1. The first-order valence-corrected chi connectivity index (χ1v) is 9.82. The van der Waals surface area contributed by atoms with Crippen LogP contribution in [0, 0.1) is 11.8 Å². The van der Waals surface area contributed by atoms with E-state index in [1.165, 1.54) is 69.3 Å². The van der Waals surface area contributed by atoms with Crippen LogP contribution in [0.25, 0.3) is 0 Å². The summed E-state index contributed by atoms with van der Waals surface area (Å²) in [6, 6.07) is 0. The van der Waals surface area contributed by atoms with Crippen LogP contribution in [0.2, 0.25) is 0 Å². The van der Waals surface area contributed by atoms with E-state index >= 15 is 0 Å². The van der Waals surface area contributed by atoms with E-state index < -0.39 is 0 Å². The topological polar surface area (TPSA) is 35.2 Å². The minimum Gasteiger partial charge on any atom is -0.374 e. The molecule has 3 fully saturated rings. The molecule has 3 heteroatoms. The highest BCUT2D eigenvalue weighted by Gasteiger charge is 2.46. The zero-order valence-corrected chi connectivity index (χ0v) is 13.9. The molecule has 3 aliphatic rings. The Morgan fingerprint density at radius 2 is 2.10 bits per heavy atom. The Morgan fingerprint density at radius 1 is 1.20 bits per heavy atom. The molecule has 1 saturated carbocycles. The van der Waals surface area contributed by atoms with Gasteiger partial charge in [0.1, 0.15) is 0 Å². The third-order valence-electron chi connectivity index (χ3n) is 6.22. The molecule has 0 aromatic heterocycles. The van der Waals surface area contributed by atoms with Crippen LogP contribution >= 0.6 is 11.8 Å². The lowest BCUT2D eigenvalue weighted by molar-refractivity contribution is -0.0939. The summed E-state index contributed by atoms with van der Waals surface area (Å²) in [6.45, 7) is 3.29. The number of thioether (sulfide) groups is 1.